The second-order valence-corrected chi connectivity index (χ2v) is 8.92. The van der Waals surface area contributed by atoms with E-state index in [0.29, 0.717) is 28.9 Å². The Hall–Kier alpha value is -1.80. The topological polar surface area (TPSA) is 72.9 Å². The number of benzene rings is 2. The van der Waals surface area contributed by atoms with E-state index in [1.54, 1.807) is 18.2 Å². The molecule has 2 aromatic rings. The van der Waals surface area contributed by atoms with Gasteiger partial charge in [-0.25, -0.2) is 13.2 Å². The lowest BCUT2D eigenvalue weighted by atomic mass is 10.2. The molecule has 3 rings (SSSR count). The third-order valence-electron chi connectivity index (χ3n) is 4.27. The smallest absolute Gasteiger partial charge is 0.338 e. The molecule has 1 aliphatic rings. The van der Waals surface area contributed by atoms with Gasteiger partial charge < -0.3 is 9.47 Å². The largest absolute Gasteiger partial charge is 0.487 e. The third-order valence-corrected chi connectivity index (χ3v) is 6.78. The van der Waals surface area contributed by atoms with Crippen LogP contribution in [0, 0.1) is 0 Å². The summed E-state index contributed by atoms with van der Waals surface area (Å²) in [4.78, 5) is 12.3. The first kappa shape index (κ1) is 20.9. The maximum atomic E-state index is 12.5. The van der Waals surface area contributed by atoms with Crippen molar-refractivity contribution in [1.82, 2.24) is 4.31 Å². The highest BCUT2D eigenvalue weighted by Crippen LogP contribution is 2.32. The Bertz CT molecular complexity index is 921. The summed E-state index contributed by atoms with van der Waals surface area (Å²) in [7, 11) is -3.50. The van der Waals surface area contributed by atoms with Gasteiger partial charge in [0.25, 0.3) is 0 Å². The highest BCUT2D eigenvalue weighted by Gasteiger charge is 2.27. The van der Waals surface area contributed by atoms with Gasteiger partial charge in [-0.3, -0.25) is 0 Å². The van der Waals surface area contributed by atoms with Gasteiger partial charge in [-0.15, -0.1) is 0 Å². The molecule has 1 aliphatic heterocycles. The summed E-state index contributed by atoms with van der Waals surface area (Å²) in [6.45, 7) is 1.13. The summed E-state index contributed by atoms with van der Waals surface area (Å²) in [6.07, 6.45) is 1.73. The van der Waals surface area contributed by atoms with E-state index in [-0.39, 0.29) is 23.7 Å². The first-order valence-electron chi connectivity index (χ1n) is 8.74. The van der Waals surface area contributed by atoms with Crippen molar-refractivity contribution < 1.29 is 22.7 Å². The van der Waals surface area contributed by atoms with Gasteiger partial charge in [0.1, 0.15) is 13.2 Å². The van der Waals surface area contributed by atoms with Gasteiger partial charge in [-0.2, -0.15) is 4.31 Å². The van der Waals surface area contributed by atoms with Crippen molar-refractivity contribution in [3.63, 3.8) is 0 Å². The minimum absolute atomic E-state index is 0.00574. The van der Waals surface area contributed by atoms with Crippen molar-refractivity contribution in [2.45, 2.75) is 17.7 Å². The molecular weight excluding hydrogens is 425 g/mol. The second-order valence-electron chi connectivity index (χ2n) is 6.17. The van der Waals surface area contributed by atoms with Gasteiger partial charge in [0.15, 0.2) is 5.75 Å². The Kier molecular flexibility index (Phi) is 6.82. The minimum Gasteiger partial charge on any atom is -0.487 e. The number of hydrogen-bond acceptors (Lipinski definition) is 5. The molecule has 0 radical (unpaired) electrons. The summed E-state index contributed by atoms with van der Waals surface area (Å²) in [5.74, 6) is -0.239. The highest BCUT2D eigenvalue weighted by molar-refractivity contribution is 7.89. The maximum Gasteiger partial charge on any atom is 0.338 e. The average Bonchev–Trinajstić information content (AvgIpc) is 3.23. The number of halogens is 2. The average molecular weight is 444 g/mol. The Morgan fingerprint density at radius 3 is 2.18 bits per heavy atom. The Morgan fingerprint density at radius 1 is 0.964 bits per heavy atom. The van der Waals surface area contributed by atoms with Crippen LogP contribution in [0.15, 0.2) is 47.4 Å². The number of carbonyl (C=O) groups is 1. The van der Waals surface area contributed by atoms with Crippen LogP contribution in [-0.4, -0.2) is 45.0 Å². The van der Waals surface area contributed by atoms with Crippen LogP contribution in [0.3, 0.4) is 0 Å². The van der Waals surface area contributed by atoms with E-state index in [1.807, 2.05) is 0 Å². The molecule has 0 aliphatic carbocycles. The Morgan fingerprint density at radius 2 is 1.57 bits per heavy atom. The molecular formula is C19H19Cl2NO5S. The summed E-state index contributed by atoms with van der Waals surface area (Å²) in [5, 5.41) is 0.738. The summed E-state index contributed by atoms with van der Waals surface area (Å²) in [5.41, 5.74) is 0.260. The van der Waals surface area contributed by atoms with Crippen LogP contribution in [-0.2, 0) is 14.8 Å². The summed E-state index contributed by atoms with van der Waals surface area (Å²) in [6, 6.07) is 10.7. The van der Waals surface area contributed by atoms with Crippen molar-refractivity contribution in [3.05, 3.63) is 58.1 Å². The fourth-order valence-electron chi connectivity index (χ4n) is 2.82. The highest BCUT2D eigenvalue weighted by atomic mass is 35.5. The monoisotopic (exact) mass is 443 g/mol. The van der Waals surface area contributed by atoms with Crippen LogP contribution in [0.1, 0.15) is 23.2 Å². The van der Waals surface area contributed by atoms with Gasteiger partial charge >= 0.3 is 5.97 Å². The normalized spacial score (nSPS) is 14.8. The molecule has 6 nitrogen and oxygen atoms in total. The van der Waals surface area contributed by atoms with Crippen LogP contribution in [0.5, 0.6) is 5.75 Å². The van der Waals surface area contributed by atoms with Crippen LogP contribution >= 0.6 is 23.2 Å². The standard InChI is InChI=1S/C19H19Cl2NO5S/c20-16-4-3-5-17(21)18(16)26-12-13-27-19(23)14-6-8-15(9-7-14)28(24,25)22-10-1-2-11-22/h3-9H,1-2,10-13H2. The van der Waals surface area contributed by atoms with Crippen LogP contribution < -0.4 is 4.74 Å². The number of nitrogens with zero attached hydrogens (tertiary/aromatic N) is 1. The summed E-state index contributed by atoms with van der Waals surface area (Å²) < 4.78 is 37.0. The predicted octanol–water partition coefficient (Wildman–Crippen LogP) is 4.01. The quantitative estimate of drug-likeness (QED) is 0.477. The van der Waals surface area contributed by atoms with Gasteiger partial charge in [0, 0.05) is 13.1 Å². The lowest BCUT2D eigenvalue weighted by Crippen LogP contribution is -2.27. The van der Waals surface area contributed by atoms with E-state index < -0.39 is 16.0 Å². The van der Waals surface area contributed by atoms with E-state index in [0.717, 1.165) is 12.8 Å². The molecule has 0 saturated carbocycles. The van der Waals surface area contributed by atoms with Gasteiger partial charge in [0.2, 0.25) is 10.0 Å². The molecule has 150 valence electrons. The number of hydrogen-bond donors (Lipinski definition) is 0. The Labute approximate surface area is 174 Å². The lowest BCUT2D eigenvalue weighted by Gasteiger charge is -2.15. The fourth-order valence-corrected chi connectivity index (χ4v) is 4.85. The number of esters is 1. The minimum atomic E-state index is -3.50. The molecule has 0 atom stereocenters. The van der Waals surface area contributed by atoms with Crippen molar-refractivity contribution in [2.75, 3.05) is 26.3 Å². The Balaban J connectivity index is 1.53. The molecule has 0 N–H and O–H groups in total. The number of para-hydroxylation sites is 1. The summed E-state index contributed by atoms with van der Waals surface area (Å²) >= 11 is 12.0. The second kappa shape index (κ2) is 9.13. The van der Waals surface area contributed by atoms with Crippen molar-refractivity contribution >= 4 is 39.2 Å². The van der Waals surface area contributed by atoms with E-state index in [2.05, 4.69) is 0 Å². The van der Waals surface area contributed by atoms with Gasteiger partial charge in [0.05, 0.1) is 20.5 Å². The van der Waals surface area contributed by atoms with Gasteiger partial charge in [-0.05, 0) is 49.2 Å². The fraction of sp³-hybridized carbons (Fsp3) is 0.316. The zero-order chi connectivity index (χ0) is 20.1. The molecule has 0 bridgehead atoms. The van der Waals surface area contributed by atoms with Crippen LogP contribution in [0.2, 0.25) is 10.0 Å². The van der Waals surface area contributed by atoms with E-state index in [9.17, 15) is 13.2 Å². The van der Waals surface area contributed by atoms with Crippen molar-refractivity contribution in [3.8, 4) is 5.75 Å². The van der Waals surface area contributed by atoms with Crippen molar-refractivity contribution in [1.29, 1.82) is 0 Å². The van der Waals surface area contributed by atoms with Crippen molar-refractivity contribution in [2.24, 2.45) is 0 Å². The zero-order valence-corrected chi connectivity index (χ0v) is 17.3. The molecule has 28 heavy (non-hydrogen) atoms. The number of ether oxygens (including phenoxy) is 2. The molecule has 1 heterocycles. The van der Waals surface area contributed by atoms with Gasteiger partial charge in [-0.1, -0.05) is 29.3 Å². The molecule has 2 aromatic carbocycles. The molecule has 1 saturated heterocycles. The third kappa shape index (κ3) is 4.78. The number of sulfonamides is 1. The number of rotatable bonds is 7. The van der Waals surface area contributed by atoms with Crippen LogP contribution in [0.25, 0.3) is 0 Å². The number of carbonyl (C=O) groups excluding carboxylic acids is 1. The molecule has 9 heteroatoms. The first-order chi connectivity index (χ1) is 13.4. The first-order valence-corrected chi connectivity index (χ1v) is 10.9. The molecule has 0 amide bonds. The maximum absolute atomic E-state index is 12.5. The molecule has 1 fully saturated rings. The predicted molar refractivity (Wildman–Crippen MR) is 107 cm³/mol. The lowest BCUT2D eigenvalue weighted by molar-refractivity contribution is 0.0450. The molecule has 0 spiro atoms. The molecule has 0 unspecified atom stereocenters. The van der Waals surface area contributed by atoms with E-state index in [4.69, 9.17) is 32.7 Å². The molecule has 0 aromatic heterocycles. The van der Waals surface area contributed by atoms with Crippen LogP contribution in [0.4, 0.5) is 0 Å². The zero-order valence-electron chi connectivity index (χ0n) is 14.9. The van der Waals surface area contributed by atoms with E-state index >= 15 is 0 Å². The van der Waals surface area contributed by atoms with E-state index in [1.165, 1.54) is 28.6 Å². The SMILES string of the molecule is O=C(OCCOc1c(Cl)cccc1Cl)c1ccc(S(=O)(=O)N2CCCC2)cc1.